The van der Waals surface area contributed by atoms with Gasteiger partial charge >= 0.3 is 0 Å². The molecule has 0 aliphatic rings. The molecule has 3 rings (SSSR count). The van der Waals surface area contributed by atoms with Crippen molar-refractivity contribution in [2.75, 3.05) is 16.4 Å². The van der Waals surface area contributed by atoms with Crippen molar-refractivity contribution in [2.45, 2.75) is 38.4 Å². The Labute approximate surface area is 200 Å². The molecule has 0 radical (unpaired) electrons. The minimum absolute atomic E-state index is 0.0142. The van der Waals surface area contributed by atoms with Gasteiger partial charge in [-0.2, -0.15) is 0 Å². The molecule has 0 bridgehead atoms. The summed E-state index contributed by atoms with van der Waals surface area (Å²) in [5.41, 5.74) is 2.33. The van der Waals surface area contributed by atoms with Crippen LogP contribution in [-0.4, -0.2) is 32.3 Å². The first-order chi connectivity index (χ1) is 15.4. The Morgan fingerprint density at radius 3 is 2.44 bits per heavy atom. The van der Waals surface area contributed by atoms with Crippen LogP contribution in [-0.2, 0) is 29.0 Å². The molecule has 168 valence electrons. The largest absolute Gasteiger partial charge is 0.325 e. The van der Waals surface area contributed by atoms with Gasteiger partial charge in [0.05, 0.1) is 27.9 Å². The Morgan fingerprint density at radius 1 is 0.969 bits per heavy atom. The van der Waals surface area contributed by atoms with Crippen LogP contribution in [0.2, 0.25) is 10.0 Å². The van der Waals surface area contributed by atoms with Gasteiger partial charge in [0.15, 0.2) is 5.16 Å². The number of anilines is 2. The maximum atomic E-state index is 12.5. The van der Waals surface area contributed by atoms with Gasteiger partial charge in [0.2, 0.25) is 11.8 Å². The van der Waals surface area contributed by atoms with E-state index in [1.54, 1.807) is 18.2 Å². The van der Waals surface area contributed by atoms with Gasteiger partial charge in [0, 0.05) is 12.2 Å². The van der Waals surface area contributed by atoms with Crippen LogP contribution in [0.4, 0.5) is 11.4 Å². The first-order valence-corrected chi connectivity index (χ1v) is 11.8. The monoisotopic (exact) mass is 491 g/mol. The van der Waals surface area contributed by atoms with Crippen LogP contribution in [0, 0.1) is 0 Å². The van der Waals surface area contributed by atoms with Crippen molar-refractivity contribution in [2.24, 2.45) is 0 Å². The lowest BCUT2D eigenvalue weighted by Gasteiger charge is -2.10. The number of hydrogen-bond acceptors (Lipinski definition) is 5. The molecule has 0 aliphatic carbocycles. The van der Waals surface area contributed by atoms with E-state index in [9.17, 15) is 9.59 Å². The lowest BCUT2D eigenvalue weighted by Crippen LogP contribution is -2.18. The van der Waals surface area contributed by atoms with Gasteiger partial charge in [-0.3, -0.25) is 9.59 Å². The summed E-state index contributed by atoms with van der Waals surface area (Å²) in [5, 5.41) is 15.2. The standard InChI is InChI=1S/C22H23Cl2N5O2S/c1-3-14-8-5-6-10-16(14)25-20(31)13-32-22-28-27-18(29(22)4-2)12-19(30)26-17-11-7-9-15(23)21(17)24/h5-11H,3-4,12-13H2,1-2H3,(H,25,31)(H,26,30). The van der Waals surface area contributed by atoms with Crippen molar-refractivity contribution in [3.8, 4) is 0 Å². The molecule has 0 fully saturated rings. The molecule has 7 nitrogen and oxygen atoms in total. The molecule has 0 saturated carbocycles. The molecule has 3 aromatic rings. The Hall–Kier alpha value is -2.55. The number of nitrogens with one attached hydrogen (secondary N) is 2. The highest BCUT2D eigenvalue weighted by Gasteiger charge is 2.17. The van der Waals surface area contributed by atoms with Crippen LogP contribution in [0.25, 0.3) is 0 Å². The number of rotatable bonds is 9. The lowest BCUT2D eigenvalue weighted by molar-refractivity contribution is -0.116. The summed E-state index contributed by atoms with van der Waals surface area (Å²) in [7, 11) is 0. The predicted octanol–water partition coefficient (Wildman–Crippen LogP) is 5.08. The Bertz CT molecular complexity index is 1120. The average molecular weight is 492 g/mol. The van der Waals surface area contributed by atoms with E-state index in [1.807, 2.05) is 42.7 Å². The second-order valence-electron chi connectivity index (χ2n) is 6.82. The number of carbonyl (C=O) groups excluding carboxylic acids is 2. The summed E-state index contributed by atoms with van der Waals surface area (Å²) < 4.78 is 1.82. The number of para-hydroxylation sites is 1. The van der Waals surface area contributed by atoms with Crippen LogP contribution in [0.15, 0.2) is 47.6 Å². The van der Waals surface area contributed by atoms with Crippen LogP contribution in [0.1, 0.15) is 25.2 Å². The first kappa shape index (κ1) is 24.1. The molecule has 2 N–H and O–H groups in total. The summed E-state index contributed by atoms with van der Waals surface area (Å²) in [5.74, 6) is 0.265. The van der Waals surface area contributed by atoms with Crippen LogP contribution >= 0.6 is 35.0 Å². The van der Waals surface area contributed by atoms with Crippen LogP contribution in [0.3, 0.4) is 0 Å². The summed E-state index contributed by atoms with van der Waals surface area (Å²) >= 11 is 13.4. The number of hydrogen-bond donors (Lipinski definition) is 2. The van der Waals surface area contributed by atoms with Gasteiger partial charge in [0.25, 0.3) is 0 Å². The maximum absolute atomic E-state index is 12.5. The van der Waals surface area contributed by atoms with Crippen molar-refractivity contribution in [1.29, 1.82) is 0 Å². The summed E-state index contributed by atoms with van der Waals surface area (Å²) in [6.45, 7) is 4.54. The third-order valence-corrected chi connectivity index (χ3v) is 6.44. The fraction of sp³-hybridized carbons (Fsp3) is 0.273. The molecular weight excluding hydrogens is 469 g/mol. The van der Waals surface area contributed by atoms with E-state index < -0.39 is 0 Å². The molecule has 0 aliphatic heterocycles. The Kier molecular flexibility index (Phi) is 8.55. The zero-order valence-electron chi connectivity index (χ0n) is 17.7. The highest BCUT2D eigenvalue weighted by Crippen LogP contribution is 2.29. The van der Waals surface area contributed by atoms with E-state index >= 15 is 0 Å². The fourth-order valence-electron chi connectivity index (χ4n) is 3.08. The third kappa shape index (κ3) is 6.03. The Morgan fingerprint density at radius 2 is 1.69 bits per heavy atom. The minimum Gasteiger partial charge on any atom is -0.325 e. The number of carbonyl (C=O) groups is 2. The number of aromatic nitrogens is 3. The molecule has 1 aromatic heterocycles. The van der Waals surface area contributed by atoms with E-state index in [0.717, 1.165) is 17.7 Å². The number of nitrogens with zero attached hydrogens (tertiary/aromatic N) is 3. The minimum atomic E-state index is -0.290. The van der Waals surface area contributed by atoms with Gasteiger partial charge in [-0.05, 0) is 37.1 Å². The predicted molar refractivity (Wildman–Crippen MR) is 130 cm³/mol. The van der Waals surface area contributed by atoms with Crippen molar-refractivity contribution < 1.29 is 9.59 Å². The van der Waals surface area contributed by atoms with Gasteiger partial charge in [0.1, 0.15) is 5.82 Å². The second-order valence-corrected chi connectivity index (χ2v) is 8.54. The SMILES string of the molecule is CCc1ccccc1NC(=O)CSc1nnc(CC(=O)Nc2cccc(Cl)c2Cl)n1CC. The number of aryl methyl sites for hydroxylation is 1. The van der Waals surface area contributed by atoms with E-state index in [1.165, 1.54) is 11.8 Å². The molecule has 0 saturated heterocycles. The molecule has 0 unspecified atom stereocenters. The van der Waals surface area contributed by atoms with Crippen molar-refractivity contribution >= 4 is 58.2 Å². The van der Waals surface area contributed by atoms with E-state index in [4.69, 9.17) is 23.2 Å². The zero-order valence-corrected chi connectivity index (χ0v) is 20.0. The number of thioether (sulfide) groups is 1. The van der Waals surface area contributed by atoms with Crippen LogP contribution in [0.5, 0.6) is 0 Å². The van der Waals surface area contributed by atoms with Gasteiger partial charge in [-0.1, -0.05) is 66.2 Å². The topological polar surface area (TPSA) is 88.9 Å². The molecule has 0 atom stereocenters. The Balaban J connectivity index is 1.61. The van der Waals surface area contributed by atoms with Crippen molar-refractivity contribution in [3.63, 3.8) is 0 Å². The molecule has 1 heterocycles. The molecule has 2 aromatic carbocycles. The zero-order chi connectivity index (χ0) is 23.1. The molecule has 32 heavy (non-hydrogen) atoms. The first-order valence-electron chi connectivity index (χ1n) is 10.1. The van der Waals surface area contributed by atoms with Crippen molar-refractivity contribution in [1.82, 2.24) is 14.8 Å². The third-order valence-electron chi connectivity index (χ3n) is 4.66. The fourth-order valence-corrected chi connectivity index (χ4v) is 4.25. The summed E-state index contributed by atoms with van der Waals surface area (Å²) in [6.07, 6.45) is 0.847. The highest BCUT2D eigenvalue weighted by molar-refractivity contribution is 7.99. The number of amides is 2. The highest BCUT2D eigenvalue weighted by atomic mass is 35.5. The number of benzene rings is 2. The van der Waals surface area contributed by atoms with Gasteiger partial charge in [-0.15, -0.1) is 10.2 Å². The van der Waals surface area contributed by atoms with E-state index in [2.05, 4.69) is 20.8 Å². The van der Waals surface area contributed by atoms with E-state index in [-0.39, 0.29) is 29.0 Å². The van der Waals surface area contributed by atoms with Gasteiger partial charge < -0.3 is 15.2 Å². The average Bonchev–Trinajstić information content (AvgIpc) is 3.17. The van der Waals surface area contributed by atoms with Crippen molar-refractivity contribution in [3.05, 3.63) is 63.9 Å². The smallest absolute Gasteiger partial charge is 0.234 e. The second kappa shape index (κ2) is 11.4. The van der Waals surface area contributed by atoms with Gasteiger partial charge in [-0.25, -0.2) is 0 Å². The molecule has 10 heteroatoms. The van der Waals surface area contributed by atoms with E-state index in [0.29, 0.717) is 28.2 Å². The molecular formula is C22H23Cl2N5O2S. The lowest BCUT2D eigenvalue weighted by atomic mass is 10.1. The quantitative estimate of drug-likeness (QED) is 0.407. The maximum Gasteiger partial charge on any atom is 0.234 e. The molecule has 2 amide bonds. The summed E-state index contributed by atoms with van der Waals surface area (Å²) in [4.78, 5) is 24.9. The normalized spacial score (nSPS) is 10.8. The van der Waals surface area contributed by atoms with Crippen LogP contribution < -0.4 is 10.6 Å². The number of halogens is 2. The molecule has 0 spiro atoms. The summed E-state index contributed by atoms with van der Waals surface area (Å²) in [6, 6.07) is 12.7.